The SMILES string of the molecule is CC1(C)c2ccccc2C2(c3ccc(-c4nc(-c5ccccc5)nc(-c5ccccn5)n4)cc31)C1CC3CC(C1)CC2C3. The molecule has 0 N–H and O–H groups in total. The Labute approximate surface area is 253 Å². The highest BCUT2D eigenvalue weighted by atomic mass is 15.0. The van der Waals surface area contributed by atoms with E-state index in [9.17, 15) is 0 Å². The number of hydrogen-bond acceptors (Lipinski definition) is 4. The lowest BCUT2D eigenvalue weighted by Crippen LogP contribution is -2.58. The van der Waals surface area contributed by atoms with Gasteiger partial charge in [0.15, 0.2) is 17.5 Å². The fraction of sp³-hybridized carbons (Fsp3) is 0.333. The Bertz CT molecular complexity index is 1770. The maximum atomic E-state index is 5.07. The molecule has 0 atom stereocenters. The lowest BCUT2D eigenvalue weighted by Gasteiger charge is -2.64. The Morgan fingerprint density at radius 2 is 1.14 bits per heavy atom. The van der Waals surface area contributed by atoms with Gasteiger partial charge in [-0.3, -0.25) is 4.98 Å². The second kappa shape index (κ2) is 9.16. The summed E-state index contributed by atoms with van der Waals surface area (Å²) < 4.78 is 0. The van der Waals surface area contributed by atoms with Crippen LogP contribution in [0.25, 0.3) is 34.3 Å². The van der Waals surface area contributed by atoms with Crippen LogP contribution in [0.3, 0.4) is 0 Å². The van der Waals surface area contributed by atoms with Crippen molar-refractivity contribution in [3.8, 4) is 34.3 Å². The van der Waals surface area contributed by atoms with Crippen molar-refractivity contribution in [2.45, 2.75) is 56.8 Å². The molecule has 4 heteroatoms. The standard InChI is InChI=1S/C39H36N4/c1-38(2)30-12-6-7-13-31(30)39(28-19-24-18-25(21-28)22-29(39)20-24)32-16-15-27(23-33(32)38)36-41-35(26-10-4-3-5-11-26)42-37(43-36)34-14-8-9-17-40-34/h3-17,23-25,28-29H,18-22H2,1-2H3. The topological polar surface area (TPSA) is 51.6 Å². The molecule has 2 aromatic heterocycles. The van der Waals surface area contributed by atoms with Crippen molar-refractivity contribution < 1.29 is 0 Å². The molecule has 1 spiro atoms. The summed E-state index contributed by atoms with van der Waals surface area (Å²) in [6.07, 6.45) is 8.78. The summed E-state index contributed by atoms with van der Waals surface area (Å²) in [4.78, 5) is 19.6. The smallest absolute Gasteiger partial charge is 0.182 e. The third kappa shape index (κ3) is 3.62. The van der Waals surface area contributed by atoms with E-state index >= 15 is 0 Å². The lowest BCUT2D eigenvalue weighted by atomic mass is 9.39. The average Bonchev–Trinajstić information content (AvgIpc) is 3.05. The van der Waals surface area contributed by atoms with Gasteiger partial charge in [-0.1, -0.05) is 86.6 Å². The third-order valence-electron chi connectivity index (χ3n) is 11.4. The van der Waals surface area contributed by atoms with Crippen LogP contribution in [0, 0.1) is 23.7 Å². The Balaban J connectivity index is 1.26. The first-order chi connectivity index (χ1) is 21.0. The number of nitrogens with zero attached hydrogens (tertiary/aromatic N) is 4. The Hall–Kier alpha value is -4.18. The van der Waals surface area contributed by atoms with Crippen molar-refractivity contribution in [1.82, 2.24) is 19.9 Å². The van der Waals surface area contributed by atoms with Crippen LogP contribution in [0.4, 0.5) is 0 Å². The molecule has 0 saturated heterocycles. The van der Waals surface area contributed by atoms with Gasteiger partial charge in [0, 0.05) is 28.2 Å². The van der Waals surface area contributed by atoms with Crippen LogP contribution in [0.1, 0.15) is 68.2 Å². The summed E-state index contributed by atoms with van der Waals surface area (Å²) in [5, 5.41) is 0. The van der Waals surface area contributed by atoms with Crippen molar-refractivity contribution in [1.29, 1.82) is 0 Å². The van der Waals surface area contributed by atoms with Gasteiger partial charge in [-0.15, -0.1) is 0 Å². The fourth-order valence-corrected chi connectivity index (χ4v) is 9.88. The van der Waals surface area contributed by atoms with Crippen molar-refractivity contribution in [3.63, 3.8) is 0 Å². The molecule has 0 radical (unpaired) electrons. The van der Waals surface area contributed by atoms with Crippen LogP contribution in [0.15, 0.2) is 97.2 Å². The summed E-state index contributed by atoms with van der Waals surface area (Å²) in [6, 6.07) is 32.7. The van der Waals surface area contributed by atoms with Crippen LogP contribution in [0.2, 0.25) is 0 Å². The van der Waals surface area contributed by atoms with Gasteiger partial charge in [0.2, 0.25) is 0 Å². The van der Waals surface area contributed by atoms with E-state index in [1.807, 2.05) is 36.4 Å². The summed E-state index contributed by atoms with van der Waals surface area (Å²) in [7, 11) is 0. The van der Waals surface area contributed by atoms with Crippen molar-refractivity contribution in [2.75, 3.05) is 0 Å². The molecule has 4 bridgehead atoms. The van der Waals surface area contributed by atoms with E-state index in [2.05, 4.69) is 73.4 Å². The minimum atomic E-state index is -0.124. The maximum Gasteiger partial charge on any atom is 0.182 e. The van der Waals surface area contributed by atoms with Crippen molar-refractivity contribution in [3.05, 3.63) is 119 Å². The third-order valence-corrected chi connectivity index (χ3v) is 11.4. The van der Waals surface area contributed by atoms with Gasteiger partial charge in [-0.05, 0) is 96.2 Å². The first-order valence-electron chi connectivity index (χ1n) is 16.0. The van der Waals surface area contributed by atoms with Gasteiger partial charge in [-0.25, -0.2) is 15.0 Å². The maximum absolute atomic E-state index is 5.07. The molecule has 212 valence electrons. The van der Waals surface area contributed by atoms with E-state index in [-0.39, 0.29) is 10.8 Å². The molecule has 0 aliphatic heterocycles. The summed E-state index contributed by atoms with van der Waals surface area (Å²) in [6.45, 7) is 4.83. The predicted molar refractivity (Wildman–Crippen MR) is 170 cm³/mol. The summed E-state index contributed by atoms with van der Waals surface area (Å²) in [5.41, 5.74) is 8.88. The quantitative estimate of drug-likeness (QED) is 0.222. The van der Waals surface area contributed by atoms with E-state index in [1.165, 1.54) is 43.2 Å². The Morgan fingerprint density at radius 1 is 0.535 bits per heavy atom. The normalized spacial score (nSPS) is 27.6. The number of benzene rings is 3. The van der Waals surface area contributed by atoms with E-state index in [0.29, 0.717) is 17.5 Å². The molecule has 5 aliphatic carbocycles. The molecule has 5 aliphatic rings. The average molecular weight is 561 g/mol. The first kappa shape index (κ1) is 25.3. The number of pyridine rings is 1. The predicted octanol–water partition coefficient (Wildman–Crippen LogP) is 8.65. The zero-order valence-electron chi connectivity index (χ0n) is 24.9. The molecule has 5 aromatic rings. The van der Waals surface area contributed by atoms with Crippen LogP contribution in [-0.2, 0) is 10.8 Å². The molecule has 4 nitrogen and oxygen atoms in total. The van der Waals surface area contributed by atoms with Gasteiger partial charge in [0.1, 0.15) is 5.69 Å². The van der Waals surface area contributed by atoms with E-state index < -0.39 is 0 Å². The molecule has 2 heterocycles. The molecule has 4 saturated carbocycles. The van der Waals surface area contributed by atoms with Crippen LogP contribution < -0.4 is 0 Å². The summed E-state index contributed by atoms with van der Waals surface area (Å²) >= 11 is 0. The van der Waals surface area contributed by atoms with E-state index in [0.717, 1.165) is 40.5 Å². The molecule has 10 rings (SSSR count). The van der Waals surface area contributed by atoms with Crippen molar-refractivity contribution >= 4 is 0 Å². The van der Waals surface area contributed by atoms with Gasteiger partial charge in [-0.2, -0.15) is 0 Å². The first-order valence-corrected chi connectivity index (χ1v) is 16.0. The van der Waals surface area contributed by atoms with Gasteiger partial charge in [0.25, 0.3) is 0 Å². The van der Waals surface area contributed by atoms with Crippen molar-refractivity contribution in [2.24, 2.45) is 23.7 Å². The molecule has 43 heavy (non-hydrogen) atoms. The highest BCUT2D eigenvalue weighted by Gasteiger charge is 2.62. The largest absolute Gasteiger partial charge is 0.253 e. The highest BCUT2D eigenvalue weighted by Crippen LogP contribution is 2.68. The second-order valence-electron chi connectivity index (χ2n) is 14.0. The monoisotopic (exact) mass is 560 g/mol. The van der Waals surface area contributed by atoms with Gasteiger partial charge < -0.3 is 0 Å². The molecule has 4 fully saturated rings. The zero-order valence-corrected chi connectivity index (χ0v) is 24.9. The van der Waals surface area contributed by atoms with E-state index in [1.54, 1.807) is 17.3 Å². The van der Waals surface area contributed by atoms with Crippen LogP contribution in [-0.4, -0.2) is 19.9 Å². The Morgan fingerprint density at radius 3 is 1.84 bits per heavy atom. The molecular weight excluding hydrogens is 524 g/mol. The van der Waals surface area contributed by atoms with Gasteiger partial charge in [0.05, 0.1) is 0 Å². The summed E-state index contributed by atoms with van der Waals surface area (Å²) in [5.74, 6) is 5.27. The number of rotatable bonds is 3. The lowest BCUT2D eigenvalue weighted by molar-refractivity contribution is -0.0443. The second-order valence-corrected chi connectivity index (χ2v) is 14.0. The minimum absolute atomic E-state index is 0.112. The Kier molecular flexibility index (Phi) is 5.40. The van der Waals surface area contributed by atoms with E-state index in [4.69, 9.17) is 15.0 Å². The number of hydrogen-bond donors (Lipinski definition) is 0. The molecule has 0 unspecified atom stereocenters. The molecule has 0 amide bonds. The highest BCUT2D eigenvalue weighted by molar-refractivity contribution is 5.69. The van der Waals surface area contributed by atoms with Gasteiger partial charge >= 0.3 is 0 Å². The fourth-order valence-electron chi connectivity index (χ4n) is 9.88. The zero-order chi connectivity index (χ0) is 28.8. The van der Waals surface area contributed by atoms with Crippen LogP contribution in [0.5, 0.6) is 0 Å². The number of aromatic nitrogens is 4. The molecular formula is C39H36N4. The molecule has 3 aromatic carbocycles. The van der Waals surface area contributed by atoms with Crippen LogP contribution >= 0.6 is 0 Å². The minimum Gasteiger partial charge on any atom is -0.253 e. The number of fused-ring (bicyclic) bond motifs is 2.